The molecule has 0 atom stereocenters. The molecule has 0 amide bonds. The number of fused-ring (bicyclic) bond motifs is 1. The van der Waals surface area contributed by atoms with Crippen LogP contribution in [0.4, 0.5) is 19.0 Å². The number of aromatic nitrogens is 3. The molecule has 166 valence electrons. The number of piperazine rings is 1. The average Bonchev–Trinajstić information content (AvgIpc) is 3.45. The van der Waals surface area contributed by atoms with E-state index in [0.717, 1.165) is 36.2 Å². The second-order valence-corrected chi connectivity index (χ2v) is 8.57. The van der Waals surface area contributed by atoms with Gasteiger partial charge in [-0.15, -0.1) is 0 Å². The van der Waals surface area contributed by atoms with E-state index in [1.807, 2.05) is 29.8 Å². The predicted molar refractivity (Wildman–Crippen MR) is 117 cm³/mol. The van der Waals surface area contributed by atoms with E-state index in [2.05, 4.69) is 24.9 Å². The molecule has 0 N–H and O–H groups in total. The minimum Gasteiger partial charge on any atom is -0.361 e. The summed E-state index contributed by atoms with van der Waals surface area (Å²) in [5, 5.41) is 8.45. The van der Waals surface area contributed by atoms with Crippen LogP contribution in [-0.4, -0.2) is 46.2 Å². The van der Waals surface area contributed by atoms with Crippen molar-refractivity contribution in [1.82, 2.24) is 20.0 Å². The molecule has 6 nitrogen and oxygen atoms in total. The Labute approximate surface area is 186 Å². The zero-order chi connectivity index (χ0) is 22.3. The van der Waals surface area contributed by atoms with E-state index in [4.69, 9.17) is 4.52 Å². The predicted octanol–water partition coefficient (Wildman–Crippen LogP) is 5.00. The van der Waals surface area contributed by atoms with E-state index in [1.165, 1.54) is 17.4 Å². The fourth-order valence-corrected chi connectivity index (χ4v) is 4.64. The Hall–Kier alpha value is -2.98. The van der Waals surface area contributed by atoms with Crippen LogP contribution < -0.4 is 4.90 Å². The number of nitrogens with zero attached hydrogens (tertiary/aromatic N) is 5. The Balaban J connectivity index is 1.45. The van der Waals surface area contributed by atoms with Gasteiger partial charge in [0.2, 0.25) is 0 Å². The molecule has 5 rings (SSSR count). The summed E-state index contributed by atoms with van der Waals surface area (Å²) in [6, 6.07) is 6.32. The molecule has 1 saturated heterocycles. The van der Waals surface area contributed by atoms with Crippen molar-refractivity contribution in [3.05, 3.63) is 58.4 Å². The topological polar surface area (TPSA) is 58.3 Å². The SMILES string of the molecule is Cc1cc(CN2CCN(c3ncc(-c4ccsc4)c4nc(C(F)(F)F)ccc34)CC2)no1. The van der Waals surface area contributed by atoms with E-state index < -0.39 is 11.9 Å². The second-order valence-electron chi connectivity index (χ2n) is 7.79. The van der Waals surface area contributed by atoms with Crippen molar-refractivity contribution in [3.63, 3.8) is 0 Å². The Morgan fingerprint density at radius 2 is 1.94 bits per heavy atom. The van der Waals surface area contributed by atoms with Gasteiger partial charge in [0.1, 0.15) is 17.3 Å². The summed E-state index contributed by atoms with van der Waals surface area (Å²) in [5.74, 6) is 1.45. The van der Waals surface area contributed by atoms with Gasteiger partial charge in [0.05, 0.1) is 11.2 Å². The van der Waals surface area contributed by atoms with Crippen LogP contribution in [0, 0.1) is 6.92 Å². The molecule has 0 spiro atoms. The van der Waals surface area contributed by atoms with E-state index in [1.54, 1.807) is 6.20 Å². The number of hydrogen-bond donors (Lipinski definition) is 0. The molecule has 4 aromatic heterocycles. The molecule has 0 bridgehead atoms. The standard InChI is InChI=1S/C22H20F3N5OS/c1-14-10-16(28-31-14)12-29-5-7-30(8-6-29)21-17-2-3-19(22(23,24)25)27-20(17)18(11-26-21)15-4-9-32-13-15/h2-4,9-11,13H,5-8,12H2,1H3. The number of rotatable bonds is 4. The largest absolute Gasteiger partial charge is 0.433 e. The molecule has 5 heterocycles. The van der Waals surface area contributed by atoms with Crippen molar-refractivity contribution in [1.29, 1.82) is 0 Å². The lowest BCUT2D eigenvalue weighted by molar-refractivity contribution is -0.140. The molecule has 1 aliphatic heterocycles. The van der Waals surface area contributed by atoms with Gasteiger partial charge in [0, 0.05) is 55.9 Å². The van der Waals surface area contributed by atoms with Crippen molar-refractivity contribution < 1.29 is 17.7 Å². The van der Waals surface area contributed by atoms with E-state index in [9.17, 15) is 13.2 Å². The summed E-state index contributed by atoms with van der Waals surface area (Å²) in [7, 11) is 0. The van der Waals surface area contributed by atoms with E-state index in [-0.39, 0.29) is 0 Å². The molecule has 32 heavy (non-hydrogen) atoms. The fraction of sp³-hybridized carbons (Fsp3) is 0.318. The first-order chi connectivity index (χ1) is 15.4. The van der Waals surface area contributed by atoms with Crippen LogP contribution in [0.5, 0.6) is 0 Å². The van der Waals surface area contributed by atoms with Crippen LogP contribution in [0.1, 0.15) is 17.1 Å². The van der Waals surface area contributed by atoms with Gasteiger partial charge in [-0.25, -0.2) is 9.97 Å². The highest BCUT2D eigenvalue weighted by Crippen LogP contribution is 2.36. The van der Waals surface area contributed by atoms with Gasteiger partial charge >= 0.3 is 6.18 Å². The number of pyridine rings is 2. The summed E-state index contributed by atoms with van der Waals surface area (Å²) in [4.78, 5) is 13.1. The lowest BCUT2D eigenvalue weighted by Gasteiger charge is -2.35. The summed E-state index contributed by atoms with van der Waals surface area (Å²) in [6.07, 6.45) is -2.87. The van der Waals surface area contributed by atoms with Gasteiger partial charge in [-0.2, -0.15) is 24.5 Å². The van der Waals surface area contributed by atoms with Gasteiger partial charge < -0.3 is 9.42 Å². The Bertz CT molecular complexity index is 1230. The van der Waals surface area contributed by atoms with Gasteiger partial charge in [0.25, 0.3) is 0 Å². The Kier molecular flexibility index (Phi) is 5.34. The zero-order valence-corrected chi connectivity index (χ0v) is 18.1. The van der Waals surface area contributed by atoms with Crippen molar-refractivity contribution >= 4 is 28.1 Å². The van der Waals surface area contributed by atoms with Crippen LogP contribution in [0.3, 0.4) is 0 Å². The van der Waals surface area contributed by atoms with Gasteiger partial charge in [-0.05, 0) is 41.4 Å². The molecule has 0 aliphatic carbocycles. The van der Waals surface area contributed by atoms with Crippen LogP contribution >= 0.6 is 11.3 Å². The highest BCUT2D eigenvalue weighted by atomic mass is 32.1. The first kappa shape index (κ1) is 20.9. The van der Waals surface area contributed by atoms with Gasteiger partial charge in [0.15, 0.2) is 0 Å². The summed E-state index contributed by atoms with van der Waals surface area (Å²) in [5.41, 5.74) is 1.74. The highest BCUT2D eigenvalue weighted by Gasteiger charge is 2.33. The van der Waals surface area contributed by atoms with Crippen molar-refractivity contribution in [3.8, 4) is 11.1 Å². The minimum absolute atomic E-state index is 0.323. The van der Waals surface area contributed by atoms with E-state index >= 15 is 0 Å². The summed E-state index contributed by atoms with van der Waals surface area (Å²) >= 11 is 1.48. The molecule has 0 unspecified atom stereocenters. The number of thiophene rings is 1. The minimum atomic E-state index is -4.51. The van der Waals surface area contributed by atoms with Gasteiger partial charge in [-0.1, -0.05) is 5.16 Å². The molecule has 0 saturated carbocycles. The maximum Gasteiger partial charge on any atom is 0.433 e. The third-order valence-electron chi connectivity index (χ3n) is 5.56. The molecule has 1 fully saturated rings. The number of anilines is 1. The van der Waals surface area contributed by atoms with Crippen molar-refractivity contribution in [2.75, 3.05) is 31.1 Å². The van der Waals surface area contributed by atoms with Crippen LogP contribution in [-0.2, 0) is 12.7 Å². The fourth-order valence-electron chi connectivity index (χ4n) is 3.98. The number of halogens is 3. The quantitative estimate of drug-likeness (QED) is 0.428. The highest BCUT2D eigenvalue weighted by molar-refractivity contribution is 7.08. The summed E-state index contributed by atoms with van der Waals surface area (Å²) in [6.45, 7) is 5.55. The van der Waals surface area contributed by atoms with Crippen LogP contribution in [0.15, 0.2) is 45.7 Å². The molecule has 4 aromatic rings. The molecule has 0 radical (unpaired) electrons. The third-order valence-corrected chi connectivity index (χ3v) is 6.25. The Morgan fingerprint density at radius 3 is 2.59 bits per heavy atom. The molecule has 0 aromatic carbocycles. The molecular weight excluding hydrogens is 439 g/mol. The zero-order valence-electron chi connectivity index (χ0n) is 17.3. The molecule has 10 heteroatoms. The van der Waals surface area contributed by atoms with Crippen molar-refractivity contribution in [2.24, 2.45) is 0 Å². The maximum atomic E-state index is 13.4. The normalized spacial score (nSPS) is 15.6. The third kappa shape index (κ3) is 4.07. The average molecular weight is 459 g/mol. The monoisotopic (exact) mass is 459 g/mol. The van der Waals surface area contributed by atoms with Crippen LogP contribution in [0.25, 0.3) is 22.0 Å². The summed E-state index contributed by atoms with van der Waals surface area (Å²) < 4.78 is 45.2. The number of hydrogen-bond acceptors (Lipinski definition) is 7. The Morgan fingerprint density at radius 1 is 1.12 bits per heavy atom. The smallest absolute Gasteiger partial charge is 0.361 e. The van der Waals surface area contributed by atoms with E-state index in [0.29, 0.717) is 41.9 Å². The van der Waals surface area contributed by atoms with Crippen molar-refractivity contribution in [2.45, 2.75) is 19.6 Å². The van der Waals surface area contributed by atoms with Crippen LogP contribution in [0.2, 0.25) is 0 Å². The maximum absolute atomic E-state index is 13.4. The molecule has 1 aliphatic rings. The lowest BCUT2D eigenvalue weighted by atomic mass is 10.1. The molecular formula is C22H20F3N5OS. The second kappa shape index (κ2) is 8.18. The first-order valence-corrected chi connectivity index (χ1v) is 11.1. The lowest BCUT2D eigenvalue weighted by Crippen LogP contribution is -2.46. The first-order valence-electron chi connectivity index (χ1n) is 10.2. The van der Waals surface area contributed by atoms with Gasteiger partial charge in [-0.3, -0.25) is 4.90 Å². The number of aryl methyl sites for hydroxylation is 1. The number of alkyl halides is 3.